The number of amides is 2. The smallest absolute Gasteiger partial charge is 0.257 e. The Morgan fingerprint density at radius 3 is 2.72 bits per heavy atom. The first-order valence-electron chi connectivity index (χ1n) is 10.5. The number of carbonyl (C=O) groups is 2. The zero-order chi connectivity index (χ0) is 20.6. The molecular formula is C21H30N6O2. The van der Waals surface area contributed by atoms with Crippen molar-refractivity contribution in [3.05, 3.63) is 36.2 Å². The van der Waals surface area contributed by atoms with Crippen LogP contribution in [0, 0.1) is 11.3 Å². The molecule has 0 bridgehead atoms. The Hall–Kier alpha value is -2.64. The molecule has 1 saturated carbocycles. The molecule has 2 fully saturated rings. The van der Waals surface area contributed by atoms with Gasteiger partial charge in [-0.3, -0.25) is 14.3 Å². The van der Waals surface area contributed by atoms with Crippen LogP contribution in [0.3, 0.4) is 0 Å². The molecule has 1 aliphatic heterocycles. The van der Waals surface area contributed by atoms with E-state index in [0.717, 1.165) is 31.5 Å². The van der Waals surface area contributed by atoms with Crippen LogP contribution in [0.2, 0.25) is 0 Å². The second-order valence-corrected chi connectivity index (χ2v) is 8.77. The van der Waals surface area contributed by atoms with Gasteiger partial charge in [0.2, 0.25) is 5.91 Å². The number of nitrogens with zero attached hydrogens (tertiary/aromatic N) is 5. The molecule has 1 saturated heterocycles. The van der Waals surface area contributed by atoms with Gasteiger partial charge in [0.05, 0.1) is 18.1 Å². The van der Waals surface area contributed by atoms with E-state index in [-0.39, 0.29) is 29.1 Å². The SMILES string of the molecule is CCCn1cc(C(=O)N2C[C@@H](CNC(=O)C3(C)CC3)[C@H](c3cncn3C)C2)cn1. The molecule has 0 aromatic carbocycles. The topological polar surface area (TPSA) is 85.0 Å². The zero-order valence-electron chi connectivity index (χ0n) is 17.5. The van der Waals surface area contributed by atoms with E-state index in [1.807, 2.05) is 40.5 Å². The van der Waals surface area contributed by atoms with Gasteiger partial charge in [0, 0.05) is 68.6 Å². The Bertz CT molecular complexity index is 897. The van der Waals surface area contributed by atoms with Crippen molar-refractivity contribution in [2.24, 2.45) is 18.4 Å². The maximum atomic E-state index is 13.1. The highest BCUT2D eigenvalue weighted by atomic mass is 16.2. The zero-order valence-corrected chi connectivity index (χ0v) is 17.5. The van der Waals surface area contributed by atoms with Gasteiger partial charge in [-0.05, 0) is 19.3 Å². The van der Waals surface area contributed by atoms with Gasteiger partial charge in [0.1, 0.15) is 0 Å². The van der Waals surface area contributed by atoms with Gasteiger partial charge in [-0.2, -0.15) is 5.10 Å². The summed E-state index contributed by atoms with van der Waals surface area (Å²) in [6.45, 7) is 6.71. The molecule has 8 nitrogen and oxygen atoms in total. The molecular weight excluding hydrogens is 368 g/mol. The summed E-state index contributed by atoms with van der Waals surface area (Å²) in [5.41, 5.74) is 1.53. The summed E-state index contributed by atoms with van der Waals surface area (Å²) >= 11 is 0. The van der Waals surface area contributed by atoms with Crippen molar-refractivity contribution >= 4 is 11.8 Å². The number of imidazole rings is 1. The van der Waals surface area contributed by atoms with Gasteiger partial charge in [0.15, 0.2) is 0 Å². The van der Waals surface area contributed by atoms with Gasteiger partial charge in [0.25, 0.3) is 5.91 Å². The third-order valence-electron chi connectivity index (χ3n) is 6.37. The van der Waals surface area contributed by atoms with Crippen molar-refractivity contribution in [2.75, 3.05) is 19.6 Å². The van der Waals surface area contributed by atoms with Crippen LogP contribution < -0.4 is 5.32 Å². The van der Waals surface area contributed by atoms with Gasteiger partial charge in [-0.1, -0.05) is 13.8 Å². The average molecular weight is 399 g/mol. The minimum atomic E-state index is -0.190. The van der Waals surface area contributed by atoms with Crippen LogP contribution in [0.5, 0.6) is 0 Å². The van der Waals surface area contributed by atoms with Crippen LogP contribution in [-0.4, -0.2) is 55.7 Å². The van der Waals surface area contributed by atoms with Crippen LogP contribution in [0.15, 0.2) is 24.9 Å². The van der Waals surface area contributed by atoms with Gasteiger partial charge in [-0.15, -0.1) is 0 Å². The molecule has 3 heterocycles. The standard InChI is InChI=1S/C21H30N6O2/c1-4-7-27-12-16(9-24-27)19(28)26-11-15(8-23-20(29)21(2)5-6-21)17(13-26)18-10-22-14-25(18)3/h9-10,12,14-15,17H,4-8,11,13H2,1-3H3,(H,23,29)/t15-,17-/m1/s1. The lowest BCUT2D eigenvalue weighted by Crippen LogP contribution is -2.36. The van der Waals surface area contributed by atoms with Crippen molar-refractivity contribution in [1.82, 2.24) is 29.5 Å². The average Bonchev–Trinajstić information content (AvgIpc) is 3.10. The third kappa shape index (κ3) is 3.93. The Balaban J connectivity index is 1.48. The maximum absolute atomic E-state index is 13.1. The molecule has 2 aliphatic rings. The number of nitrogens with one attached hydrogen (secondary N) is 1. The van der Waals surface area contributed by atoms with E-state index in [0.29, 0.717) is 25.2 Å². The van der Waals surface area contributed by atoms with Crippen LogP contribution in [0.25, 0.3) is 0 Å². The maximum Gasteiger partial charge on any atom is 0.257 e. The highest BCUT2D eigenvalue weighted by Gasteiger charge is 2.45. The molecule has 156 valence electrons. The molecule has 2 aromatic heterocycles. The summed E-state index contributed by atoms with van der Waals surface area (Å²) in [4.78, 5) is 31.7. The van der Waals surface area contributed by atoms with E-state index in [9.17, 15) is 9.59 Å². The molecule has 4 rings (SSSR count). The van der Waals surface area contributed by atoms with Crippen LogP contribution in [-0.2, 0) is 18.4 Å². The van der Waals surface area contributed by atoms with E-state index in [1.165, 1.54) is 0 Å². The molecule has 29 heavy (non-hydrogen) atoms. The molecule has 1 aliphatic carbocycles. The Kier molecular flexibility index (Phi) is 5.19. The highest BCUT2D eigenvalue weighted by Crippen LogP contribution is 2.45. The van der Waals surface area contributed by atoms with Crippen LogP contribution >= 0.6 is 0 Å². The monoisotopic (exact) mass is 398 g/mol. The molecule has 0 unspecified atom stereocenters. The van der Waals surface area contributed by atoms with E-state index in [1.54, 1.807) is 12.5 Å². The van der Waals surface area contributed by atoms with Gasteiger partial charge < -0.3 is 14.8 Å². The molecule has 1 N–H and O–H groups in total. The van der Waals surface area contributed by atoms with Crippen molar-refractivity contribution in [2.45, 2.75) is 45.6 Å². The summed E-state index contributed by atoms with van der Waals surface area (Å²) in [5, 5.41) is 7.43. The number of hydrogen-bond acceptors (Lipinski definition) is 4. The molecule has 8 heteroatoms. The Morgan fingerprint density at radius 1 is 1.28 bits per heavy atom. The van der Waals surface area contributed by atoms with Crippen LogP contribution in [0.1, 0.15) is 55.1 Å². The number of carbonyl (C=O) groups excluding carboxylic acids is 2. The van der Waals surface area contributed by atoms with E-state index in [4.69, 9.17) is 0 Å². The normalized spacial score (nSPS) is 22.7. The number of aromatic nitrogens is 4. The Morgan fingerprint density at radius 2 is 2.07 bits per heavy atom. The number of rotatable bonds is 7. The van der Waals surface area contributed by atoms with Crippen molar-refractivity contribution < 1.29 is 9.59 Å². The van der Waals surface area contributed by atoms with Crippen molar-refractivity contribution in [3.63, 3.8) is 0 Å². The summed E-state index contributed by atoms with van der Waals surface area (Å²) < 4.78 is 3.82. The van der Waals surface area contributed by atoms with Crippen molar-refractivity contribution in [3.8, 4) is 0 Å². The Labute approximate surface area is 171 Å². The molecule has 0 radical (unpaired) electrons. The van der Waals surface area contributed by atoms with Gasteiger partial charge in [-0.25, -0.2) is 4.98 Å². The van der Waals surface area contributed by atoms with Crippen LogP contribution in [0.4, 0.5) is 0 Å². The molecule has 0 spiro atoms. The summed E-state index contributed by atoms with van der Waals surface area (Å²) in [6, 6.07) is 0. The predicted molar refractivity (Wildman–Crippen MR) is 108 cm³/mol. The fourth-order valence-corrected chi connectivity index (χ4v) is 4.16. The van der Waals surface area contributed by atoms with E-state index < -0.39 is 0 Å². The molecule has 2 atom stereocenters. The minimum Gasteiger partial charge on any atom is -0.355 e. The quantitative estimate of drug-likeness (QED) is 0.771. The molecule has 2 aromatic rings. The van der Waals surface area contributed by atoms with E-state index >= 15 is 0 Å². The van der Waals surface area contributed by atoms with Gasteiger partial charge >= 0.3 is 0 Å². The highest BCUT2D eigenvalue weighted by molar-refractivity contribution is 5.94. The number of hydrogen-bond donors (Lipinski definition) is 1. The predicted octanol–water partition coefficient (Wildman–Crippen LogP) is 1.80. The second kappa shape index (κ2) is 7.65. The minimum absolute atomic E-state index is 0.00232. The number of likely N-dealkylation sites (tertiary alicyclic amines) is 1. The van der Waals surface area contributed by atoms with Crippen molar-refractivity contribution in [1.29, 1.82) is 0 Å². The second-order valence-electron chi connectivity index (χ2n) is 8.77. The fraction of sp³-hybridized carbons (Fsp3) is 0.619. The number of aryl methyl sites for hydroxylation is 2. The first-order valence-corrected chi connectivity index (χ1v) is 10.5. The summed E-state index contributed by atoms with van der Waals surface area (Å²) in [5.74, 6) is 0.435. The lowest BCUT2D eigenvalue weighted by atomic mass is 9.92. The van der Waals surface area contributed by atoms with E-state index in [2.05, 4.69) is 22.3 Å². The fourth-order valence-electron chi connectivity index (χ4n) is 4.16. The lowest BCUT2D eigenvalue weighted by molar-refractivity contribution is -0.125. The first kappa shape index (κ1) is 19.7. The summed E-state index contributed by atoms with van der Waals surface area (Å²) in [6.07, 6.45) is 10.0. The molecule has 2 amide bonds. The first-order chi connectivity index (χ1) is 13.9. The third-order valence-corrected chi connectivity index (χ3v) is 6.37. The summed E-state index contributed by atoms with van der Waals surface area (Å²) in [7, 11) is 1.97. The lowest BCUT2D eigenvalue weighted by Gasteiger charge is -2.20. The largest absolute Gasteiger partial charge is 0.355 e.